The van der Waals surface area contributed by atoms with Gasteiger partial charge in [0.05, 0.1) is 5.39 Å². The Hall–Kier alpha value is -2.17. The van der Waals surface area contributed by atoms with E-state index in [0.29, 0.717) is 11.3 Å². The summed E-state index contributed by atoms with van der Waals surface area (Å²) in [4.78, 5) is 18.2. The minimum absolute atomic E-state index is 0.120. The first-order valence-corrected chi connectivity index (χ1v) is 4.59. The molecule has 0 saturated carbocycles. The number of pyridine rings is 1. The average Bonchev–Trinajstić information content (AvgIpc) is 2.57. The van der Waals surface area contributed by atoms with Crippen LogP contribution in [-0.2, 0) is 0 Å². The Morgan fingerprint density at radius 2 is 2.33 bits per heavy atom. The highest BCUT2D eigenvalue weighted by Crippen LogP contribution is 2.14. The van der Waals surface area contributed by atoms with Gasteiger partial charge in [-0.25, -0.2) is 9.50 Å². The largest absolute Gasteiger partial charge is 0.306 e. The van der Waals surface area contributed by atoms with Gasteiger partial charge in [-0.3, -0.25) is 4.79 Å². The molecule has 0 atom stereocenters. The molecule has 5 nitrogen and oxygen atoms in total. The number of hydrogen-bond acceptors (Lipinski definition) is 3. The Balaban J connectivity index is 2.66. The van der Waals surface area contributed by atoms with Crippen molar-refractivity contribution in [3.05, 3.63) is 40.4 Å². The fourth-order valence-electron chi connectivity index (χ4n) is 1.70. The summed E-state index contributed by atoms with van der Waals surface area (Å²) in [6.07, 6.45) is 1.68. The third kappa shape index (κ3) is 1.06. The zero-order valence-corrected chi connectivity index (χ0v) is 8.06. The van der Waals surface area contributed by atoms with Crippen LogP contribution in [0.3, 0.4) is 0 Å². The number of aromatic amines is 1. The molecular weight excluding hydrogens is 192 g/mol. The van der Waals surface area contributed by atoms with Crippen molar-refractivity contribution in [1.29, 1.82) is 0 Å². The smallest absolute Gasteiger partial charge is 0.251 e. The second-order valence-corrected chi connectivity index (χ2v) is 3.41. The van der Waals surface area contributed by atoms with E-state index in [1.165, 1.54) is 6.07 Å². The first-order chi connectivity index (χ1) is 7.25. The molecule has 0 amide bonds. The summed E-state index contributed by atoms with van der Waals surface area (Å²) in [6.45, 7) is 1.84. The summed E-state index contributed by atoms with van der Waals surface area (Å²) >= 11 is 0. The fourth-order valence-corrected chi connectivity index (χ4v) is 1.70. The molecule has 0 aliphatic carbocycles. The van der Waals surface area contributed by atoms with E-state index in [1.54, 1.807) is 10.7 Å². The van der Waals surface area contributed by atoms with E-state index >= 15 is 0 Å². The zero-order valence-electron chi connectivity index (χ0n) is 8.06. The van der Waals surface area contributed by atoms with Gasteiger partial charge in [0.2, 0.25) is 0 Å². The van der Waals surface area contributed by atoms with Gasteiger partial charge in [0, 0.05) is 18.0 Å². The van der Waals surface area contributed by atoms with Crippen molar-refractivity contribution in [3.8, 4) is 0 Å². The first-order valence-electron chi connectivity index (χ1n) is 4.59. The van der Waals surface area contributed by atoms with Gasteiger partial charge in [-0.1, -0.05) is 0 Å². The van der Waals surface area contributed by atoms with E-state index in [0.717, 1.165) is 11.1 Å². The molecule has 0 unspecified atom stereocenters. The summed E-state index contributed by atoms with van der Waals surface area (Å²) in [5.74, 6) is 0. The van der Waals surface area contributed by atoms with Gasteiger partial charge in [0.15, 0.2) is 5.65 Å². The van der Waals surface area contributed by atoms with Gasteiger partial charge in [-0.15, -0.1) is 5.10 Å². The van der Waals surface area contributed by atoms with E-state index in [9.17, 15) is 4.79 Å². The number of nitrogens with zero attached hydrogens (tertiary/aromatic N) is 3. The number of nitrogens with one attached hydrogen (secondary N) is 1. The summed E-state index contributed by atoms with van der Waals surface area (Å²) in [7, 11) is 0. The lowest BCUT2D eigenvalue weighted by atomic mass is 10.3. The molecule has 74 valence electrons. The molecule has 0 aliphatic heterocycles. The number of aryl methyl sites for hydroxylation is 1. The maximum absolute atomic E-state index is 11.3. The van der Waals surface area contributed by atoms with Gasteiger partial charge in [-0.2, -0.15) is 0 Å². The second kappa shape index (κ2) is 2.66. The summed E-state index contributed by atoms with van der Waals surface area (Å²) in [5, 5.41) is 5.15. The van der Waals surface area contributed by atoms with Crippen molar-refractivity contribution in [2.75, 3.05) is 0 Å². The molecule has 3 aromatic rings. The second-order valence-electron chi connectivity index (χ2n) is 3.41. The molecule has 0 aliphatic rings. The predicted octanol–water partition coefficient (Wildman–Crippen LogP) is 0.879. The quantitative estimate of drug-likeness (QED) is 0.586. The van der Waals surface area contributed by atoms with Gasteiger partial charge in [0.1, 0.15) is 5.65 Å². The zero-order chi connectivity index (χ0) is 10.4. The topological polar surface area (TPSA) is 63.0 Å². The molecule has 5 heteroatoms. The molecule has 0 fully saturated rings. The van der Waals surface area contributed by atoms with E-state index < -0.39 is 0 Å². The Morgan fingerprint density at radius 3 is 3.20 bits per heavy atom. The summed E-state index contributed by atoms with van der Waals surface area (Å²) < 4.78 is 1.69. The van der Waals surface area contributed by atoms with Crippen molar-refractivity contribution in [2.45, 2.75) is 6.92 Å². The normalized spacial score (nSPS) is 11.3. The SMILES string of the molecule is Cc1cc(=O)[nH]c2c3cccnc3nn12. The Bertz CT molecular complexity index is 710. The lowest BCUT2D eigenvalue weighted by Gasteiger charge is -1.95. The third-order valence-corrected chi connectivity index (χ3v) is 2.36. The molecule has 3 rings (SSSR count). The van der Waals surface area contributed by atoms with Crippen LogP contribution in [-0.4, -0.2) is 19.6 Å². The maximum Gasteiger partial charge on any atom is 0.251 e. The third-order valence-electron chi connectivity index (χ3n) is 2.36. The maximum atomic E-state index is 11.3. The van der Waals surface area contributed by atoms with Crippen LogP contribution in [0.25, 0.3) is 16.7 Å². The fraction of sp³-hybridized carbons (Fsp3) is 0.100. The first kappa shape index (κ1) is 8.16. The van der Waals surface area contributed by atoms with Crippen LogP contribution in [0.2, 0.25) is 0 Å². The predicted molar refractivity (Wildman–Crippen MR) is 55.9 cm³/mol. The van der Waals surface area contributed by atoms with Crippen LogP contribution < -0.4 is 5.56 Å². The minimum Gasteiger partial charge on any atom is -0.306 e. The molecule has 0 spiro atoms. The molecule has 0 saturated heterocycles. The van der Waals surface area contributed by atoms with Crippen molar-refractivity contribution < 1.29 is 0 Å². The van der Waals surface area contributed by atoms with E-state index in [4.69, 9.17) is 0 Å². The highest BCUT2D eigenvalue weighted by Gasteiger charge is 2.07. The van der Waals surface area contributed by atoms with Crippen molar-refractivity contribution >= 4 is 16.7 Å². The molecular formula is C10H8N4O. The van der Waals surface area contributed by atoms with Crippen LogP contribution >= 0.6 is 0 Å². The number of H-pyrrole nitrogens is 1. The Labute approximate surface area is 84.4 Å². The number of hydrogen-bond donors (Lipinski definition) is 1. The van der Waals surface area contributed by atoms with Gasteiger partial charge in [0.25, 0.3) is 5.56 Å². The summed E-state index contributed by atoms with van der Waals surface area (Å²) in [5.41, 5.74) is 2.02. The Kier molecular flexibility index (Phi) is 1.45. The molecule has 1 N–H and O–H groups in total. The molecule has 0 aromatic carbocycles. The molecule has 3 heterocycles. The van der Waals surface area contributed by atoms with Gasteiger partial charge < -0.3 is 4.98 Å². The summed E-state index contributed by atoms with van der Waals surface area (Å²) in [6, 6.07) is 5.23. The molecule has 0 radical (unpaired) electrons. The molecule has 0 bridgehead atoms. The van der Waals surface area contributed by atoms with Crippen molar-refractivity contribution in [1.82, 2.24) is 19.6 Å². The number of rotatable bonds is 0. The molecule has 3 aromatic heterocycles. The van der Waals surface area contributed by atoms with Crippen LogP contribution in [0.4, 0.5) is 0 Å². The van der Waals surface area contributed by atoms with Crippen LogP contribution in [0.5, 0.6) is 0 Å². The van der Waals surface area contributed by atoms with Crippen molar-refractivity contribution in [2.24, 2.45) is 0 Å². The lowest BCUT2D eigenvalue weighted by Crippen LogP contribution is -2.09. The average molecular weight is 200 g/mol. The lowest BCUT2D eigenvalue weighted by molar-refractivity contribution is 0.894. The van der Waals surface area contributed by atoms with Crippen LogP contribution in [0, 0.1) is 6.92 Å². The van der Waals surface area contributed by atoms with Gasteiger partial charge >= 0.3 is 0 Å². The molecule has 15 heavy (non-hydrogen) atoms. The van der Waals surface area contributed by atoms with E-state index in [-0.39, 0.29) is 5.56 Å². The van der Waals surface area contributed by atoms with Gasteiger partial charge in [-0.05, 0) is 19.1 Å². The van der Waals surface area contributed by atoms with E-state index in [2.05, 4.69) is 15.1 Å². The van der Waals surface area contributed by atoms with Crippen LogP contribution in [0.1, 0.15) is 5.69 Å². The Morgan fingerprint density at radius 1 is 1.47 bits per heavy atom. The number of fused-ring (bicyclic) bond motifs is 3. The number of aromatic nitrogens is 4. The van der Waals surface area contributed by atoms with E-state index in [1.807, 2.05) is 19.1 Å². The standard InChI is InChI=1S/C10H8N4O/c1-6-5-8(15)12-10-7-3-2-4-11-9(7)13-14(6)10/h2-5H,1H3,(H,12,15). The van der Waals surface area contributed by atoms with Crippen LogP contribution in [0.15, 0.2) is 29.2 Å². The monoisotopic (exact) mass is 200 g/mol. The highest BCUT2D eigenvalue weighted by molar-refractivity contribution is 5.89. The highest BCUT2D eigenvalue weighted by atomic mass is 16.1. The minimum atomic E-state index is -0.120. The van der Waals surface area contributed by atoms with Crippen molar-refractivity contribution in [3.63, 3.8) is 0 Å².